The van der Waals surface area contributed by atoms with E-state index in [9.17, 15) is 9.59 Å². The Morgan fingerprint density at radius 3 is 2.04 bits per heavy atom. The first-order valence-corrected chi connectivity index (χ1v) is 8.24. The fraction of sp³-hybridized carbons (Fsp3) is 0.300. The summed E-state index contributed by atoms with van der Waals surface area (Å²) in [5.74, 6) is -0.0380. The van der Waals surface area contributed by atoms with Crippen LogP contribution in [0.2, 0.25) is 0 Å². The van der Waals surface area contributed by atoms with Crippen LogP contribution in [0.5, 0.6) is 11.5 Å². The Kier molecular flexibility index (Phi) is 6.60. The van der Waals surface area contributed by atoms with E-state index in [1.165, 1.54) is 33.0 Å². The molecule has 0 bridgehead atoms. The van der Waals surface area contributed by atoms with Crippen molar-refractivity contribution in [2.75, 3.05) is 26.6 Å². The van der Waals surface area contributed by atoms with E-state index in [1.807, 2.05) is 24.3 Å². The fourth-order valence-electron chi connectivity index (χ4n) is 2.53. The molecule has 0 heterocycles. The highest BCUT2D eigenvalue weighted by atomic mass is 16.5. The molecule has 2 aromatic rings. The van der Waals surface area contributed by atoms with Crippen molar-refractivity contribution in [3.63, 3.8) is 0 Å². The topological polar surface area (TPSA) is 73.9 Å². The normalized spacial score (nSPS) is 10.2. The predicted octanol–water partition coefficient (Wildman–Crippen LogP) is 3.23. The molecule has 0 fully saturated rings. The van der Waals surface area contributed by atoms with Crippen molar-refractivity contribution in [2.45, 2.75) is 19.8 Å². The molecule has 0 radical (unpaired) electrons. The zero-order chi connectivity index (χ0) is 19.1. The van der Waals surface area contributed by atoms with Crippen LogP contribution in [-0.2, 0) is 22.4 Å². The standard InChI is InChI=1S/C20H23NO5/c1-5-13-6-8-14(9-7-13)10-19(22)21-16-12-18(25-3)17(24-2)11-15(16)20(23)26-4/h6-9,11-12H,5,10H2,1-4H3,(H,21,22). The largest absolute Gasteiger partial charge is 0.493 e. The van der Waals surface area contributed by atoms with E-state index >= 15 is 0 Å². The molecule has 0 unspecified atom stereocenters. The first kappa shape index (κ1) is 19.3. The smallest absolute Gasteiger partial charge is 0.340 e. The van der Waals surface area contributed by atoms with E-state index in [-0.39, 0.29) is 17.9 Å². The molecule has 6 nitrogen and oxygen atoms in total. The van der Waals surface area contributed by atoms with Crippen LogP contribution in [0, 0.1) is 0 Å². The van der Waals surface area contributed by atoms with Gasteiger partial charge in [0.15, 0.2) is 11.5 Å². The zero-order valence-corrected chi connectivity index (χ0v) is 15.4. The van der Waals surface area contributed by atoms with Gasteiger partial charge in [0.05, 0.1) is 39.0 Å². The van der Waals surface area contributed by atoms with Gasteiger partial charge in [-0.05, 0) is 17.5 Å². The van der Waals surface area contributed by atoms with Crippen LogP contribution in [0.3, 0.4) is 0 Å². The monoisotopic (exact) mass is 357 g/mol. The third kappa shape index (κ3) is 4.53. The molecule has 0 aliphatic rings. The number of rotatable bonds is 7. The van der Waals surface area contributed by atoms with E-state index in [0.717, 1.165) is 12.0 Å². The highest BCUT2D eigenvalue weighted by molar-refractivity contribution is 6.02. The molecule has 0 atom stereocenters. The van der Waals surface area contributed by atoms with Gasteiger partial charge in [0.25, 0.3) is 0 Å². The fourth-order valence-corrected chi connectivity index (χ4v) is 2.53. The Morgan fingerprint density at radius 1 is 0.923 bits per heavy atom. The highest BCUT2D eigenvalue weighted by Crippen LogP contribution is 2.33. The first-order chi connectivity index (χ1) is 12.5. The molecule has 0 aliphatic heterocycles. The van der Waals surface area contributed by atoms with Crippen LogP contribution in [0.25, 0.3) is 0 Å². The summed E-state index contributed by atoms with van der Waals surface area (Å²) >= 11 is 0. The SMILES string of the molecule is CCc1ccc(CC(=O)Nc2cc(OC)c(OC)cc2C(=O)OC)cc1. The number of carbonyl (C=O) groups is 2. The van der Waals surface area contributed by atoms with E-state index in [0.29, 0.717) is 17.2 Å². The summed E-state index contributed by atoms with van der Waals surface area (Å²) < 4.78 is 15.2. The lowest BCUT2D eigenvalue weighted by Gasteiger charge is -2.14. The minimum atomic E-state index is -0.575. The van der Waals surface area contributed by atoms with Gasteiger partial charge in [-0.3, -0.25) is 4.79 Å². The number of nitrogens with one attached hydrogen (secondary N) is 1. The molecule has 1 amide bonds. The summed E-state index contributed by atoms with van der Waals surface area (Å²) in [7, 11) is 4.23. The average Bonchev–Trinajstić information content (AvgIpc) is 2.67. The lowest BCUT2D eigenvalue weighted by atomic mass is 10.1. The van der Waals surface area contributed by atoms with Crippen LogP contribution in [0.1, 0.15) is 28.4 Å². The zero-order valence-electron chi connectivity index (χ0n) is 15.4. The number of esters is 1. The molecule has 0 spiro atoms. The van der Waals surface area contributed by atoms with Gasteiger partial charge in [0, 0.05) is 12.1 Å². The molecule has 0 saturated heterocycles. The van der Waals surface area contributed by atoms with Crippen molar-refractivity contribution in [3.8, 4) is 11.5 Å². The Hall–Kier alpha value is -3.02. The second-order valence-electron chi connectivity index (χ2n) is 5.64. The number of ether oxygens (including phenoxy) is 3. The lowest BCUT2D eigenvalue weighted by Crippen LogP contribution is -2.17. The van der Waals surface area contributed by atoms with Gasteiger partial charge < -0.3 is 19.5 Å². The maximum Gasteiger partial charge on any atom is 0.340 e. The summed E-state index contributed by atoms with van der Waals surface area (Å²) in [6, 6.07) is 10.9. The summed E-state index contributed by atoms with van der Waals surface area (Å²) in [6.07, 6.45) is 1.14. The van der Waals surface area contributed by atoms with E-state index in [2.05, 4.69) is 12.2 Å². The number of anilines is 1. The van der Waals surface area contributed by atoms with Crippen molar-refractivity contribution in [1.82, 2.24) is 0 Å². The van der Waals surface area contributed by atoms with Gasteiger partial charge in [-0.1, -0.05) is 31.2 Å². The van der Waals surface area contributed by atoms with Crippen molar-refractivity contribution >= 4 is 17.6 Å². The summed E-state index contributed by atoms with van der Waals surface area (Å²) in [4.78, 5) is 24.5. The molecule has 26 heavy (non-hydrogen) atoms. The number of hydrogen-bond donors (Lipinski definition) is 1. The number of hydrogen-bond acceptors (Lipinski definition) is 5. The maximum atomic E-state index is 12.4. The third-order valence-electron chi connectivity index (χ3n) is 4.00. The molecule has 0 aromatic heterocycles. The summed E-state index contributed by atoms with van der Waals surface area (Å²) in [5, 5.41) is 2.75. The molecule has 0 aliphatic carbocycles. The number of carbonyl (C=O) groups excluding carboxylic acids is 2. The van der Waals surface area contributed by atoms with Crippen molar-refractivity contribution in [3.05, 3.63) is 53.1 Å². The van der Waals surface area contributed by atoms with Gasteiger partial charge in [-0.15, -0.1) is 0 Å². The molecule has 6 heteroatoms. The van der Waals surface area contributed by atoms with Crippen LogP contribution in [-0.4, -0.2) is 33.2 Å². The van der Waals surface area contributed by atoms with Gasteiger partial charge >= 0.3 is 5.97 Å². The van der Waals surface area contributed by atoms with Crippen LogP contribution >= 0.6 is 0 Å². The maximum absolute atomic E-state index is 12.4. The van der Waals surface area contributed by atoms with Crippen molar-refractivity contribution in [2.24, 2.45) is 0 Å². The Bertz CT molecular complexity index is 784. The number of amides is 1. The number of methoxy groups -OCH3 is 3. The van der Waals surface area contributed by atoms with Gasteiger partial charge in [-0.2, -0.15) is 0 Å². The average molecular weight is 357 g/mol. The van der Waals surface area contributed by atoms with Gasteiger partial charge in [0.1, 0.15) is 0 Å². The summed E-state index contributed by atoms with van der Waals surface area (Å²) in [5.41, 5.74) is 2.60. The molecule has 138 valence electrons. The van der Waals surface area contributed by atoms with Gasteiger partial charge in [-0.25, -0.2) is 4.79 Å². The van der Waals surface area contributed by atoms with Crippen LogP contribution in [0.4, 0.5) is 5.69 Å². The molecule has 1 N–H and O–H groups in total. The Labute approximate surface area is 153 Å². The summed E-state index contributed by atoms with van der Waals surface area (Å²) in [6.45, 7) is 2.08. The number of aryl methyl sites for hydroxylation is 1. The molecular weight excluding hydrogens is 334 g/mol. The van der Waals surface area contributed by atoms with Crippen molar-refractivity contribution < 1.29 is 23.8 Å². The van der Waals surface area contributed by atoms with Crippen molar-refractivity contribution in [1.29, 1.82) is 0 Å². The first-order valence-electron chi connectivity index (χ1n) is 8.24. The number of benzene rings is 2. The minimum absolute atomic E-state index is 0.193. The van der Waals surface area contributed by atoms with Gasteiger partial charge in [0.2, 0.25) is 5.91 Å². The molecule has 2 rings (SSSR count). The Morgan fingerprint density at radius 2 is 1.50 bits per heavy atom. The van der Waals surface area contributed by atoms with E-state index in [1.54, 1.807) is 6.07 Å². The quantitative estimate of drug-likeness (QED) is 0.770. The Balaban J connectivity index is 2.25. The van der Waals surface area contributed by atoms with Crippen LogP contribution in [0.15, 0.2) is 36.4 Å². The third-order valence-corrected chi connectivity index (χ3v) is 4.00. The van der Waals surface area contributed by atoms with E-state index in [4.69, 9.17) is 14.2 Å². The lowest BCUT2D eigenvalue weighted by molar-refractivity contribution is -0.115. The molecule has 2 aromatic carbocycles. The highest BCUT2D eigenvalue weighted by Gasteiger charge is 2.19. The second-order valence-corrected chi connectivity index (χ2v) is 5.64. The minimum Gasteiger partial charge on any atom is -0.493 e. The second kappa shape index (κ2) is 8.89. The predicted molar refractivity (Wildman–Crippen MR) is 99.0 cm³/mol. The molecule has 0 saturated carbocycles. The molecular formula is C20H23NO5. The van der Waals surface area contributed by atoms with Crippen LogP contribution < -0.4 is 14.8 Å². The van der Waals surface area contributed by atoms with E-state index < -0.39 is 5.97 Å².